The summed E-state index contributed by atoms with van der Waals surface area (Å²) in [6.07, 6.45) is 0. The molecule has 3 aromatic heterocycles. The Balaban J connectivity index is 1.03. The van der Waals surface area contributed by atoms with Gasteiger partial charge in [0, 0.05) is 47.8 Å². The number of benzene rings is 7. The Labute approximate surface area is 311 Å². The molecular weight excluding hydrogens is 663 g/mol. The van der Waals surface area contributed by atoms with Crippen molar-refractivity contribution in [2.45, 2.75) is 0 Å². The molecule has 0 aliphatic carbocycles. The maximum atomic E-state index is 5.38. The fourth-order valence-corrected chi connectivity index (χ4v) is 8.44. The molecule has 0 aliphatic heterocycles. The van der Waals surface area contributed by atoms with E-state index in [0.29, 0.717) is 5.82 Å². The van der Waals surface area contributed by atoms with Gasteiger partial charge < -0.3 is 0 Å². The van der Waals surface area contributed by atoms with Crippen LogP contribution in [0.1, 0.15) is 0 Å². The average molecular weight is 694 g/mol. The van der Waals surface area contributed by atoms with Crippen molar-refractivity contribution in [3.05, 3.63) is 188 Å². The van der Waals surface area contributed by atoms with Gasteiger partial charge in [0.05, 0.1) is 22.6 Å². The van der Waals surface area contributed by atoms with Crippen molar-refractivity contribution in [1.82, 2.24) is 15.0 Å². The van der Waals surface area contributed by atoms with Crippen molar-refractivity contribution in [2.75, 3.05) is 0 Å². The van der Waals surface area contributed by atoms with Crippen molar-refractivity contribution < 1.29 is 0 Å². The van der Waals surface area contributed by atoms with Crippen molar-refractivity contribution >= 4 is 42.4 Å². The van der Waals surface area contributed by atoms with Crippen molar-refractivity contribution in [2.24, 2.45) is 0 Å². The predicted octanol–water partition coefficient (Wildman–Crippen LogP) is 13.4. The Morgan fingerprint density at radius 1 is 0.340 bits per heavy atom. The molecule has 0 unspecified atom stereocenters. The Hall–Kier alpha value is -6.75. The van der Waals surface area contributed by atoms with E-state index in [1.165, 1.54) is 36.7 Å². The van der Waals surface area contributed by atoms with Crippen LogP contribution < -0.4 is 0 Å². The minimum Gasteiger partial charge on any atom is -0.247 e. The molecule has 0 saturated heterocycles. The molecule has 0 bridgehead atoms. The number of nitrogens with zero attached hydrogens (tertiary/aromatic N) is 3. The highest BCUT2D eigenvalue weighted by atomic mass is 32.1. The fraction of sp³-hybridized carbons (Fsp3) is 0. The summed E-state index contributed by atoms with van der Waals surface area (Å²) >= 11 is 1.85. The second kappa shape index (κ2) is 13.1. The van der Waals surface area contributed by atoms with Gasteiger partial charge in [-0.2, -0.15) is 0 Å². The highest BCUT2D eigenvalue weighted by molar-refractivity contribution is 7.26. The van der Waals surface area contributed by atoms with Crippen LogP contribution in [0.5, 0.6) is 0 Å². The molecule has 0 saturated carbocycles. The topological polar surface area (TPSA) is 38.7 Å². The predicted molar refractivity (Wildman–Crippen MR) is 223 cm³/mol. The molecule has 0 radical (unpaired) electrons. The zero-order valence-corrected chi connectivity index (χ0v) is 29.5. The van der Waals surface area contributed by atoms with Crippen LogP contribution >= 0.6 is 11.3 Å². The third-order valence-corrected chi connectivity index (χ3v) is 11.1. The number of hydrogen-bond donors (Lipinski definition) is 0. The van der Waals surface area contributed by atoms with E-state index >= 15 is 0 Å². The molecular formula is C49H31N3S. The fourth-order valence-electron chi connectivity index (χ4n) is 7.20. The molecule has 4 heteroatoms. The molecule has 10 aromatic rings. The number of hydrogen-bond acceptors (Lipinski definition) is 4. The summed E-state index contributed by atoms with van der Waals surface area (Å²) in [4.78, 5) is 15.4. The number of fused-ring (bicyclic) bond motifs is 5. The van der Waals surface area contributed by atoms with Gasteiger partial charge >= 0.3 is 0 Å². The lowest BCUT2D eigenvalue weighted by atomic mass is 9.98. The molecule has 10 rings (SSSR count). The van der Waals surface area contributed by atoms with E-state index in [-0.39, 0.29) is 0 Å². The summed E-state index contributed by atoms with van der Waals surface area (Å²) < 4.78 is 2.55. The minimum absolute atomic E-state index is 0.705. The Kier molecular flexibility index (Phi) is 7.67. The molecule has 0 N–H and O–H groups in total. The van der Waals surface area contributed by atoms with E-state index < -0.39 is 0 Å². The van der Waals surface area contributed by atoms with Crippen LogP contribution in [-0.4, -0.2) is 15.0 Å². The quantitative estimate of drug-likeness (QED) is 0.174. The van der Waals surface area contributed by atoms with Crippen LogP contribution in [0.2, 0.25) is 0 Å². The van der Waals surface area contributed by atoms with E-state index in [9.17, 15) is 0 Å². The summed E-state index contributed by atoms with van der Waals surface area (Å²) in [5.74, 6) is 0.705. The molecule has 3 heterocycles. The van der Waals surface area contributed by atoms with Crippen molar-refractivity contribution in [1.29, 1.82) is 0 Å². The molecule has 3 nitrogen and oxygen atoms in total. The summed E-state index contributed by atoms with van der Waals surface area (Å²) in [5, 5.41) is 3.66. The first-order chi connectivity index (χ1) is 26.2. The van der Waals surface area contributed by atoms with E-state index in [4.69, 9.17) is 15.0 Å². The molecule has 0 aliphatic rings. The van der Waals surface area contributed by atoms with Gasteiger partial charge in [0.2, 0.25) is 0 Å². The summed E-state index contributed by atoms with van der Waals surface area (Å²) in [5.41, 5.74) is 12.7. The van der Waals surface area contributed by atoms with Crippen LogP contribution in [0.4, 0.5) is 0 Å². The Bertz CT molecular complexity index is 2840. The van der Waals surface area contributed by atoms with Gasteiger partial charge in [-0.15, -0.1) is 11.3 Å². The lowest BCUT2D eigenvalue weighted by Gasteiger charge is -2.11. The smallest absolute Gasteiger partial charge is 0.160 e. The lowest BCUT2D eigenvalue weighted by Crippen LogP contribution is -1.95. The zero-order chi connectivity index (χ0) is 35.1. The molecule has 0 spiro atoms. The van der Waals surface area contributed by atoms with Crippen LogP contribution in [0.3, 0.4) is 0 Å². The van der Waals surface area contributed by atoms with Crippen LogP contribution in [0.25, 0.3) is 98.5 Å². The SMILES string of the molecule is c1ccc(-c2ccc3c(c2)nc(-c2ccc(-c4ccc(-c5nc(-c6ccccc6)cc(-c6ccccc6)n5)cc4)cc2)c2c4ccccc4sc32)cc1. The van der Waals surface area contributed by atoms with Crippen molar-refractivity contribution in [3.8, 4) is 67.4 Å². The van der Waals surface area contributed by atoms with Crippen LogP contribution in [-0.2, 0) is 0 Å². The summed E-state index contributed by atoms with van der Waals surface area (Å²) in [6.45, 7) is 0. The van der Waals surface area contributed by atoms with Gasteiger partial charge in [-0.25, -0.2) is 15.0 Å². The molecule has 248 valence electrons. The normalized spacial score (nSPS) is 11.4. The number of rotatable bonds is 6. The van der Waals surface area contributed by atoms with Crippen LogP contribution in [0.15, 0.2) is 188 Å². The molecule has 53 heavy (non-hydrogen) atoms. The van der Waals surface area contributed by atoms with Crippen LogP contribution in [0, 0.1) is 0 Å². The zero-order valence-electron chi connectivity index (χ0n) is 28.6. The number of pyridine rings is 1. The standard InChI is InChI=1S/C49H31N3S/c1-4-12-32(13-5-1)39-28-29-40-44(30-39)50-47(46-41-18-10-11-19-45(41)53-48(40)46)37-24-20-33(21-25-37)34-22-26-38(27-23-34)49-51-42(35-14-6-2-7-15-35)31-43(52-49)36-16-8-3-9-17-36/h1-31H. The maximum absolute atomic E-state index is 5.38. The number of aromatic nitrogens is 3. The first-order valence-corrected chi connectivity index (χ1v) is 18.6. The summed E-state index contributed by atoms with van der Waals surface area (Å²) in [7, 11) is 0. The van der Waals surface area contributed by atoms with Gasteiger partial charge in [-0.05, 0) is 40.5 Å². The van der Waals surface area contributed by atoms with Gasteiger partial charge in [-0.1, -0.05) is 170 Å². The maximum Gasteiger partial charge on any atom is 0.160 e. The van der Waals surface area contributed by atoms with Gasteiger partial charge in [0.1, 0.15) is 0 Å². The first-order valence-electron chi connectivity index (χ1n) is 17.8. The highest BCUT2D eigenvalue weighted by Gasteiger charge is 2.17. The van der Waals surface area contributed by atoms with Gasteiger partial charge in [0.15, 0.2) is 5.82 Å². The third kappa shape index (κ3) is 5.76. The van der Waals surface area contributed by atoms with Gasteiger partial charge in [0.25, 0.3) is 0 Å². The lowest BCUT2D eigenvalue weighted by molar-refractivity contribution is 1.18. The minimum atomic E-state index is 0.705. The molecule has 7 aromatic carbocycles. The molecule has 0 fully saturated rings. The monoisotopic (exact) mass is 693 g/mol. The number of thiophene rings is 1. The molecule has 0 amide bonds. The average Bonchev–Trinajstić information content (AvgIpc) is 3.64. The van der Waals surface area contributed by atoms with E-state index in [1.54, 1.807) is 0 Å². The highest BCUT2D eigenvalue weighted by Crippen LogP contribution is 2.43. The molecule has 0 atom stereocenters. The Morgan fingerprint density at radius 2 is 0.830 bits per heavy atom. The second-order valence-electron chi connectivity index (χ2n) is 13.2. The second-order valence-corrected chi connectivity index (χ2v) is 14.3. The van der Waals surface area contributed by atoms with Gasteiger partial charge in [-0.3, -0.25) is 0 Å². The summed E-state index contributed by atoms with van der Waals surface area (Å²) in [6, 6.07) is 66.0. The van der Waals surface area contributed by atoms with E-state index in [2.05, 4.69) is 152 Å². The van der Waals surface area contributed by atoms with E-state index in [1.807, 2.05) is 47.7 Å². The third-order valence-electron chi connectivity index (χ3n) is 9.91. The first kappa shape index (κ1) is 31.0. The van der Waals surface area contributed by atoms with Crippen molar-refractivity contribution in [3.63, 3.8) is 0 Å². The van der Waals surface area contributed by atoms with E-state index in [0.717, 1.165) is 56.0 Å². The Morgan fingerprint density at radius 3 is 1.45 bits per heavy atom. The largest absolute Gasteiger partial charge is 0.247 e.